The van der Waals surface area contributed by atoms with Gasteiger partial charge >= 0.3 is 11.9 Å². The fourth-order valence-electron chi connectivity index (χ4n) is 4.25. The van der Waals surface area contributed by atoms with Crippen LogP contribution in [0.15, 0.2) is 48.5 Å². The highest BCUT2D eigenvalue weighted by molar-refractivity contribution is 6.27. The molecule has 1 aromatic heterocycles. The molecule has 3 aromatic rings. The molecule has 2 atom stereocenters. The van der Waals surface area contributed by atoms with Crippen molar-refractivity contribution in [2.24, 2.45) is 0 Å². The molecule has 0 saturated heterocycles. The summed E-state index contributed by atoms with van der Waals surface area (Å²) in [5, 5.41) is 0.987. The molecule has 0 radical (unpaired) electrons. The van der Waals surface area contributed by atoms with Crippen molar-refractivity contribution in [3.8, 4) is 0 Å². The highest BCUT2D eigenvalue weighted by atomic mass is 35.5. The molecule has 0 spiro atoms. The van der Waals surface area contributed by atoms with Crippen LogP contribution in [0.4, 0.5) is 0 Å². The standard InChI is InChI=1S/C23H21ClN2O5/c1-30-22(28)14-9-7-13(8-10-14)21-20-16(15-5-3-4-6-17(15)25-20)11-18(23(29)31-2)26(21)19(27)12-24/h3-10,18,21,25H,11-12H2,1-2H3/t18-,21?/m0/s1. The number of halogens is 1. The quantitative estimate of drug-likeness (QED) is 0.497. The molecule has 1 unspecified atom stereocenters. The van der Waals surface area contributed by atoms with E-state index in [1.54, 1.807) is 24.3 Å². The van der Waals surface area contributed by atoms with E-state index >= 15 is 0 Å². The predicted molar refractivity (Wildman–Crippen MR) is 115 cm³/mol. The van der Waals surface area contributed by atoms with Crippen molar-refractivity contribution in [2.75, 3.05) is 20.1 Å². The van der Waals surface area contributed by atoms with E-state index < -0.39 is 24.0 Å². The number of aromatic amines is 1. The maximum atomic E-state index is 12.9. The van der Waals surface area contributed by atoms with E-state index in [1.807, 2.05) is 24.3 Å². The number of carbonyl (C=O) groups is 3. The largest absolute Gasteiger partial charge is 0.467 e. The molecule has 0 saturated carbocycles. The van der Waals surface area contributed by atoms with Crippen LogP contribution in [0.1, 0.15) is 33.2 Å². The van der Waals surface area contributed by atoms with Crippen molar-refractivity contribution < 1.29 is 23.9 Å². The van der Waals surface area contributed by atoms with Crippen LogP contribution < -0.4 is 0 Å². The summed E-state index contributed by atoms with van der Waals surface area (Å²) in [4.78, 5) is 42.4. The number of rotatable bonds is 4. The first kappa shape index (κ1) is 20.9. The van der Waals surface area contributed by atoms with E-state index in [1.165, 1.54) is 19.1 Å². The number of methoxy groups -OCH3 is 2. The molecular weight excluding hydrogens is 420 g/mol. The van der Waals surface area contributed by atoms with E-state index in [0.717, 1.165) is 27.7 Å². The fraction of sp³-hybridized carbons (Fsp3) is 0.261. The predicted octanol–water partition coefficient (Wildman–Crippen LogP) is 3.21. The minimum absolute atomic E-state index is 0.278. The number of amides is 1. The van der Waals surface area contributed by atoms with Gasteiger partial charge in [-0.2, -0.15) is 0 Å². The Hall–Kier alpha value is -3.32. The summed E-state index contributed by atoms with van der Waals surface area (Å²) in [6.07, 6.45) is 0.311. The number of carbonyl (C=O) groups excluding carboxylic acids is 3. The zero-order valence-electron chi connectivity index (χ0n) is 17.1. The Morgan fingerprint density at radius 1 is 1.06 bits per heavy atom. The van der Waals surface area contributed by atoms with Crippen molar-refractivity contribution in [3.63, 3.8) is 0 Å². The lowest BCUT2D eigenvalue weighted by Crippen LogP contribution is -2.52. The van der Waals surface area contributed by atoms with Crippen LogP contribution in [0.5, 0.6) is 0 Å². The minimum atomic E-state index is -0.826. The number of hydrogen-bond donors (Lipinski definition) is 1. The second-order valence-corrected chi connectivity index (χ2v) is 7.52. The van der Waals surface area contributed by atoms with Gasteiger partial charge in [0.1, 0.15) is 11.9 Å². The van der Waals surface area contributed by atoms with Crippen LogP contribution >= 0.6 is 11.6 Å². The summed E-state index contributed by atoms with van der Waals surface area (Å²) < 4.78 is 9.79. The lowest BCUT2D eigenvalue weighted by atomic mass is 9.87. The van der Waals surface area contributed by atoms with E-state index in [-0.39, 0.29) is 11.8 Å². The third kappa shape index (κ3) is 3.55. The smallest absolute Gasteiger partial charge is 0.337 e. The Labute approximate surface area is 183 Å². The SMILES string of the molecule is COC(=O)c1ccc(C2c3[nH]c4ccccc4c3C[C@@H](C(=O)OC)N2C(=O)CCl)cc1. The van der Waals surface area contributed by atoms with Crippen molar-refractivity contribution in [1.82, 2.24) is 9.88 Å². The summed E-state index contributed by atoms with van der Waals surface area (Å²) in [6, 6.07) is 13.1. The normalized spacial score (nSPS) is 17.8. The summed E-state index contributed by atoms with van der Waals surface area (Å²) in [6.45, 7) is 0. The number of nitrogens with one attached hydrogen (secondary N) is 1. The molecule has 160 valence electrons. The third-order valence-corrected chi connectivity index (χ3v) is 5.88. The van der Waals surface area contributed by atoms with Gasteiger partial charge in [-0.15, -0.1) is 11.6 Å². The van der Waals surface area contributed by atoms with Crippen molar-refractivity contribution in [2.45, 2.75) is 18.5 Å². The van der Waals surface area contributed by atoms with Crippen LogP contribution in [0.25, 0.3) is 10.9 Å². The number of aromatic nitrogens is 1. The average Bonchev–Trinajstić information content (AvgIpc) is 3.19. The number of para-hydroxylation sites is 1. The van der Waals surface area contributed by atoms with Gasteiger partial charge < -0.3 is 19.4 Å². The number of benzene rings is 2. The summed E-state index contributed by atoms with van der Waals surface area (Å²) >= 11 is 5.93. The molecule has 2 aromatic carbocycles. The molecule has 8 heteroatoms. The van der Waals surface area contributed by atoms with Gasteiger partial charge in [-0.1, -0.05) is 30.3 Å². The second kappa shape index (κ2) is 8.43. The molecule has 0 aliphatic carbocycles. The Morgan fingerprint density at radius 3 is 2.42 bits per heavy atom. The summed E-state index contributed by atoms with van der Waals surface area (Å²) in [5.41, 5.74) is 3.79. The molecule has 4 rings (SSSR count). The fourth-order valence-corrected chi connectivity index (χ4v) is 4.39. The number of alkyl halides is 1. The number of nitrogens with zero attached hydrogens (tertiary/aromatic N) is 1. The zero-order chi connectivity index (χ0) is 22.1. The topological polar surface area (TPSA) is 88.7 Å². The maximum absolute atomic E-state index is 12.9. The van der Waals surface area contributed by atoms with Gasteiger partial charge in [0.05, 0.1) is 25.8 Å². The first-order chi connectivity index (χ1) is 15.0. The van der Waals surface area contributed by atoms with Gasteiger partial charge in [-0.3, -0.25) is 4.79 Å². The second-order valence-electron chi connectivity index (χ2n) is 7.26. The third-order valence-electron chi connectivity index (χ3n) is 5.65. The minimum Gasteiger partial charge on any atom is -0.467 e. The molecule has 0 fully saturated rings. The van der Waals surface area contributed by atoms with Crippen LogP contribution in [0.2, 0.25) is 0 Å². The van der Waals surface area contributed by atoms with Crippen molar-refractivity contribution in [3.05, 3.63) is 70.9 Å². The van der Waals surface area contributed by atoms with E-state index in [0.29, 0.717) is 12.0 Å². The van der Waals surface area contributed by atoms with Gasteiger partial charge in [0.15, 0.2) is 0 Å². The lowest BCUT2D eigenvalue weighted by Gasteiger charge is -2.40. The highest BCUT2D eigenvalue weighted by Crippen LogP contribution is 2.41. The Kier molecular flexibility index (Phi) is 5.69. The van der Waals surface area contributed by atoms with Gasteiger partial charge in [0.2, 0.25) is 5.91 Å². The zero-order valence-corrected chi connectivity index (χ0v) is 17.8. The molecule has 1 amide bonds. The molecule has 1 aliphatic heterocycles. The Bertz CT molecular complexity index is 1150. The first-order valence-electron chi connectivity index (χ1n) is 9.72. The van der Waals surface area contributed by atoms with Crippen LogP contribution in [-0.4, -0.2) is 53.9 Å². The van der Waals surface area contributed by atoms with Gasteiger partial charge in [0, 0.05) is 23.0 Å². The number of fused-ring (bicyclic) bond motifs is 3. The van der Waals surface area contributed by atoms with Crippen LogP contribution in [-0.2, 0) is 25.5 Å². The number of hydrogen-bond acceptors (Lipinski definition) is 5. The van der Waals surface area contributed by atoms with E-state index in [2.05, 4.69) is 4.98 Å². The van der Waals surface area contributed by atoms with Crippen LogP contribution in [0, 0.1) is 0 Å². The number of ether oxygens (including phenoxy) is 2. The highest BCUT2D eigenvalue weighted by Gasteiger charge is 2.43. The molecule has 0 bridgehead atoms. The monoisotopic (exact) mass is 440 g/mol. The molecule has 2 heterocycles. The summed E-state index contributed by atoms with van der Waals surface area (Å²) in [5.74, 6) is -1.63. The maximum Gasteiger partial charge on any atom is 0.337 e. The number of esters is 2. The van der Waals surface area contributed by atoms with Crippen LogP contribution in [0.3, 0.4) is 0 Å². The Balaban J connectivity index is 1.92. The van der Waals surface area contributed by atoms with Gasteiger partial charge in [0.25, 0.3) is 0 Å². The lowest BCUT2D eigenvalue weighted by molar-refractivity contribution is -0.154. The molecular formula is C23H21ClN2O5. The summed E-state index contributed by atoms with van der Waals surface area (Å²) in [7, 11) is 2.62. The van der Waals surface area contributed by atoms with Crippen molar-refractivity contribution in [1.29, 1.82) is 0 Å². The van der Waals surface area contributed by atoms with E-state index in [9.17, 15) is 14.4 Å². The van der Waals surface area contributed by atoms with Crippen molar-refractivity contribution >= 4 is 40.3 Å². The molecule has 1 aliphatic rings. The van der Waals surface area contributed by atoms with E-state index in [4.69, 9.17) is 21.1 Å². The number of H-pyrrole nitrogens is 1. The average molecular weight is 441 g/mol. The molecule has 1 N–H and O–H groups in total. The molecule has 31 heavy (non-hydrogen) atoms. The Morgan fingerprint density at radius 2 is 1.77 bits per heavy atom. The van der Waals surface area contributed by atoms with Gasteiger partial charge in [-0.05, 0) is 29.3 Å². The first-order valence-corrected chi connectivity index (χ1v) is 10.3. The van der Waals surface area contributed by atoms with Gasteiger partial charge in [-0.25, -0.2) is 9.59 Å². The molecule has 7 nitrogen and oxygen atoms in total.